The normalized spacial score (nSPS) is 12.3. The predicted octanol–water partition coefficient (Wildman–Crippen LogP) is -2.38. The van der Waals surface area contributed by atoms with E-state index in [1.807, 2.05) is 0 Å². The third kappa shape index (κ3) is 9.86. The van der Waals surface area contributed by atoms with Gasteiger partial charge >= 0.3 is 5.97 Å². The van der Waals surface area contributed by atoms with Crippen LogP contribution in [0.1, 0.15) is 18.4 Å². The zero-order chi connectivity index (χ0) is 21.8. The number of carboxylic acids is 1. The highest BCUT2D eigenvalue weighted by Gasteiger charge is 2.24. The molecule has 0 aliphatic heterocycles. The zero-order valence-corrected chi connectivity index (χ0v) is 15.7. The SMILES string of the molecule is NC(=O)CC[C@H](N)C(=O)N[C@@H](Cc1ccccc1)C(=O)NCC(=O)NCC(=O)O. The van der Waals surface area contributed by atoms with Gasteiger partial charge in [-0.25, -0.2) is 0 Å². The van der Waals surface area contributed by atoms with Crippen LogP contribution in [0.2, 0.25) is 0 Å². The molecular weight excluding hydrogens is 382 g/mol. The Morgan fingerprint density at radius 2 is 1.62 bits per heavy atom. The highest BCUT2D eigenvalue weighted by atomic mass is 16.4. The van der Waals surface area contributed by atoms with E-state index < -0.39 is 54.8 Å². The number of aliphatic carboxylic acids is 1. The van der Waals surface area contributed by atoms with Gasteiger partial charge in [-0.1, -0.05) is 30.3 Å². The molecule has 29 heavy (non-hydrogen) atoms. The number of hydrogen-bond acceptors (Lipinski definition) is 6. The van der Waals surface area contributed by atoms with E-state index in [4.69, 9.17) is 16.6 Å². The van der Waals surface area contributed by atoms with Gasteiger partial charge in [0, 0.05) is 12.8 Å². The van der Waals surface area contributed by atoms with E-state index in [1.165, 1.54) is 0 Å². The molecule has 158 valence electrons. The summed E-state index contributed by atoms with van der Waals surface area (Å²) in [6.45, 7) is -1.03. The lowest BCUT2D eigenvalue weighted by atomic mass is 10.0. The number of carboxylic acid groups (broad SMARTS) is 1. The maximum absolute atomic E-state index is 12.5. The molecule has 0 saturated heterocycles. The maximum Gasteiger partial charge on any atom is 0.322 e. The number of primary amides is 1. The molecular formula is C18H25N5O6. The van der Waals surface area contributed by atoms with Gasteiger partial charge in [0.25, 0.3) is 0 Å². The van der Waals surface area contributed by atoms with Crippen molar-refractivity contribution in [2.45, 2.75) is 31.3 Å². The predicted molar refractivity (Wildman–Crippen MR) is 102 cm³/mol. The summed E-state index contributed by atoms with van der Waals surface area (Å²) in [5.74, 6) is -3.79. The number of nitrogens with two attached hydrogens (primary N) is 2. The molecule has 0 aliphatic carbocycles. The minimum absolute atomic E-state index is 0.0262. The van der Waals surface area contributed by atoms with Gasteiger partial charge < -0.3 is 32.5 Å². The lowest BCUT2D eigenvalue weighted by molar-refractivity contribution is -0.138. The Balaban J connectivity index is 2.73. The fourth-order valence-electron chi connectivity index (χ4n) is 2.29. The van der Waals surface area contributed by atoms with E-state index in [0.29, 0.717) is 0 Å². The Bertz CT molecular complexity index is 740. The maximum atomic E-state index is 12.5. The van der Waals surface area contributed by atoms with Crippen molar-refractivity contribution in [3.05, 3.63) is 35.9 Å². The molecule has 0 saturated carbocycles. The van der Waals surface area contributed by atoms with Crippen molar-refractivity contribution in [3.63, 3.8) is 0 Å². The summed E-state index contributed by atoms with van der Waals surface area (Å²) in [6.07, 6.45) is 0.0873. The first-order valence-electron chi connectivity index (χ1n) is 8.83. The van der Waals surface area contributed by atoms with Gasteiger partial charge in [0.1, 0.15) is 12.6 Å². The number of carbonyl (C=O) groups excluding carboxylic acids is 4. The van der Waals surface area contributed by atoms with E-state index >= 15 is 0 Å². The van der Waals surface area contributed by atoms with Gasteiger partial charge in [-0.05, 0) is 12.0 Å². The smallest absolute Gasteiger partial charge is 0.322 e. The van der Waals surface area contributed by atoms with Crippen LogP contribution in [0.25, 0.3) is 0 Å². The van der Waals surface area contributed by atoms with Crippen molar-refractivity contribution in [3.8, 4) is 0 Å². The molecule has 11 heteroatoms. The average Bonchev–Trinajstić information content (AvgIpc) is 2.68. The summed E-state index contributed by atoms with van der Waals surface area (Å²) in [6, 6.07) is 6.79. The minimum atomic E-state index is -1.22. The molecule has 0 radical (unpaired) electrons. The third-order valence-electron chi connectivity index (χ3n) is 3.81. The summed E-state index contributed by atoms with van der Waals surface area (Å²) in [4.78, 5) is 57.6. The molecule has 0 heterocycles. The molecule has 0 aliphatic rings. The highest BCUT2D eigenvalue weighted by molar-refractivity contribution is 5.92. The van der Waals surface area contributed by atoms with Crippen LogP contribution < -0.4 is 27.4 Å². The van der Waals surface area contributed by atoms with E-state index in [9.17, 15) is 24.0 Å². The topological polar surface area (TPSA) is 194 Å². The van der Waals surface area contributed by atoms with Gasteiger partial charge in [0.2, 0.25) is 23.6 Å². The van der Waals surface area contributed by atoms with Crippen LogP contribution >= 0.6 is 0 Å². The Labute approximate surface area is 167 Å². The Morgan fingerprint density at radius 3 is 2.21 bits per heavy atom. The molecule has 1 rings (SSSR count). The highest BCUT2D eigenvalue weighted by Crippen LogP contribution is 2.04. The van der Waals surface area contributed by atoms with Crippen LogP contribution in [0.15, 0.2) is 30.3 Å². The number of carbonyl (C=O) groups is 5. The van der Waals surface area contributed by atoms with Crippen molar-refractivity contribution >= 4 is 29.6 Å². The first-order chi connectivity index (χ1) is 13.7. The Hall–Kier alpha value is -3.47. The zero-order valence-electron chi connectivity index (χ0n) is 15.7. The van der Waals surface area contributed by atoms with Crippen LogP contribution in [0, 0.1) is 0 Å². The largest absolute Gasteiger partial charge is 0.480 e. The number of benzene rings is 1. The quantitative estimate of drug-likeness (QED) is 0.223. The molecule has 11 nitrogen and oxygen atoms in total. The molecule has 0 bridgehead atoms. The first-order valence-corrected chi connectivity index (χ1v) is 8.83. The lowest BCUT2D eigenvalue weighted by Crippen LogP contribution is -2.53. The first kappa shape index (κ1) is 23.6. The van der Waals surface area contributed by atoms with Crippen molar-refractivity contribution in [2.75, 3.05) is 13.1 Å². The molecule has 0 aromatic heterocycles. The molecule has 2 atom stereocenters. The number of hydrogen-bond donors (Lipinski definition) is 6. The second kappa shape index (κ2) is 12.1. The van der Waals surface area contributed by atoms with E-state index in [1.54, 1.807) is 30.3 Å². The third-order valence-corrected chi connectivity index (χ3v) is 3.81. The summed E-state index contributed by atoms with van der Waals surface area (Å²) < 4.78 is 0. The van der Waals surface area contributed by atoms with E-state index in [0.717, 1.165) is 5.56 Å². The van der Waals surface area contributed by atoms with Crippen molar-refractivity contribution < 1.29 is 29.1 Å². The molecule has 0 spiro atoms. The fraction of sp³-hybridized carbons (Fsp3) is 0.389. The van der Waals surface area contributed by atoms with Gasteiger partial charge in [-0.3, -0.25) is 24.0 Å². The van der Waals surface area contributed by atoms with Crippen molar-refractivity contribution in [1.29, 1.82) is 0 Å². The van der Waals surface area contributed by atoms with Crippen LogP contribution in [0.4, 0.5) is 0 Å². The molecule has 1 aromatic carbocycles. The van der Waals surface area contributed by atoms with Crippen LogP contribution in [0.5, 0.6) is 0 Å². The fourth-order valence-corrected chi connectivity index (χ4v) is 2.29. The van der Waals surface area contributed by atoms with Crippen LogP contribution in [-0.2, 0) is 30.4 Å². The lowest BCUT2D eigenvalue weighted by Gasteiger charge is -2.20. The minimum Gasteiger partial charge on any atom is -0.480 e. The summed E-state index contributed by atoms with van der Waals surface area (Å²) in [7, 11) is 0. The van der Waals surface area contributed by atoms with Crippen LogP contribution in [-0.4, -0.2) is 59.9 Å². The summed E-state index contributed by atoms with van der Waals surface area (Å²) in [5.41, 5.74) is 11.5. The summed E-state index contributed by atoms with van der Waals surface area (Å²) in [5, 5.41) is 15.5. The molecule has 0 unspecified atom stereocenters. The second-order valence-electron chi connectivity index (χ2n) is 6.25. The molecule has 0 fully saturated rings. The molecule has 8 N–H and O–H groups in total. The van der Waals surface area contributed by atoms with Gasteiger partial charge in [-0.2, -0.15) is 0 Å². The molecule has 4 amide bonds. The Morgan fingerprint density at radius 1 is 0.966 bits per heavy atom. The van der Waals surface area contributed by atoms with Gasteiger partial charge in [0.05, 0.1) is 12.6 Å². The number of nitrogens with one attached hydrogen (secondary N) is 3. The van der Waals surface area contributed by atoms with Gasteiger partial charge in [-0.15, -0.1) is 0 Å². The van der Waals surface area contributed by atoms with Crippen LogP contribution in [0.3, 0.4) is 0 Å². The van der Waals surface area contributed by atoms with E-state index in [-0.39, 0.29) is 19.3 Å². The summed E-state index contributed by atoms with van der Waals surface area (Å²) >= 11 is 0. The number of amides is 4. The standard InChI is InChI=1S/C18H25N5O6/c19-12(6-7-14(20)24)17(28)23-13(8-11-4-2-1-3-5-11)18(29)22-9-15(25)21-10-16(26)27/h1-5,12-13H,6-10,19H2,(H2,20,24)(H,21,25)(H,22,29)(H,23,28)(H,26,27)/t12-,13-/m0/s1. The number of rotatable bonds is 12. The average molecular weight is 407 g/mol. The second-order valence-corrected chi connectivity index (χ2v) is 6.25. The van der Waals surface area contributed by atoms with E-state index in [2.05, 4.69) is 16.0 Å². The van der Waals surface area contributed by atoms with Crippen molar-refractivity contribution in [2.24, 2.45) is 11.5 Å². The monoisotopic (exact) mass is 407 g/mol. The Kier molecular flexibility index (Phi) is 9.82. The van der Waals surface area contributed by atoms with Gasteiger partial charge in [0.15, 0.2) is 0 Å². The van der Waals surface area contributed by atoms with Crippen molar-refractivity contribution in [1.82, 2.24) is 16.0 Å². The molecule has 1 aromatic rings.